The lowest BCUT2D eigenvalue weighted by Gasteiger charge is -1.66. The summed E-state index contributed by atoms with van der Waals surface area (Å²) in [6.07, 6.45) is 6.26. The lowest BCUT2D eigenvalue weighted by Crippen LogP contribution is -1.72. The van der Waals surface area contributed by atoms with E-state index in [0.29, 0.717) is 0 Å². The number of hydrogen-bond donors (Lipinski definition) is 1. The first-order valence-electron chi connectivity index (χ1n) is 3.00. The Balaban J connectivity index is 0. The van der Waals surface area contributed by atoms with E-state index in [9.17, 15) is 0 Å². The molecule has 0 saturated carbocycles. The van der Waals surface area contributed by atoms with Crippen molar-refractivity contribution in [1.82, 2.24) is 0 Å². The van der Waals surface area contributed by atoms with Crippen molar-refractivity contribution in [2.45, 2.75) is 20.3 Å². The minimum Gasteiger partial charge on any atom is -0.405 e. The average molecular weight is 125 g/mol. The second kappa shape index (κ2) is 15.7. The summed E-state index contributed by atoms with van der Waals surface area (Å²) >= 11 is 0. The Hall–Kier alpha value is -0.940. The van der Waals surface area contributed by atoms with Crippen molar-refractivity contribution in [2.24, 2.45) is 5.73 Å². The third-order valence-corrected chi connectivity index (χ3v) is 0.576. The molecule has 52 valence electrons. The first kappa shape index (κ1) is 10.9. The van der Waals surface area contributed by atoms with Crippen LogP contribution in [0.3, 0.4) is 0 Å². The number of hydrogen-bond acceptors (Lipinski definition) is 1. The molecule has 0 heterocycles. The van der Waals surface area contributed by atoms with Gasteiger partial charge >= 0.3 is 0 Å². The molecule has 0 amide bonds. The Labute approximate surface area is 57.6 Å². The van der Waals surface area contributed by atoms with Crippen LogP contribution in [0.15, 0.2) is 30.7 Å². The van der Waals surface area contributed by atoms with Crippen LogP contribution in [-0.4, -0.2) is 0 Å². The monoisotopic (exact) mass is 125 g/mol. The molecular formula is C8H15N. The SMILES string of the molecule is C=C=CC.CCC=CN. The highest BCUT2D eigenvalue weighted by Crippen LogP contribution is 1.69. The van der Waals surface area contributed by atoms with Gasteiger partial charge in [-0.1, -0.05) is 19.6 Å². The van der Waals surface area contributed by atoms with Crippen molar-refractivity contribution in [3.63, 3.8) is 0 Å². The summed E-state index contributed by atoms with van der Waals surface area (Å²) in [5.41, 5.74) is 7.51. The molecule has 0 aromatic heterocycles. The number of rotatable bonds is 1. The van der Waals surface area contributed by atoms with E-state index in [4.69, 9.17) is 5.73 Å². The third kappa shape index (κ3) is 42.6. The molecule has 0 atom stereocenters. The predicted molar refractivity (Wildman–Crippen MR) is 43.0 cm³/mol. The summed E-state index contributed by atoms with van der Waals surface area (Å²) in [6, 6.07) is 0. The van der Waals surface area contributed by atoms with Crippen LogP contribution in [0.5, 0.6) is 0 Å². The van der Waals surface area contributed by atoms with Gasteiger partial charge in [0.2, 0.25) is 0 Å². The van der Waals surface area contributed by atoms with Crippen molar-refractivity contribution in [3.8, 4) is 0 Å². The maximum atomic E-state index is 4.96. The van der Waals surface area contributed by atoms with Gasteiger partial charge in [-0.05, 0) is 25.6 Å². The second-order valence-corrected chi connectivity index (χ2v) is 1.33. The second-order valence-electron chi connectivity index (χ2n) is 1.33. The predicted octanol–water partition coefficient (Wildman–Crippen LogP) is 2.22. The largest absolute Gasteiger partial charge is 0.405 e. The molecule has 1 nitrogen and oxygen atoms in total. The van der Waals surface area contributed by atoms with Gasteiger partial charge in [-0.3, -0.25) is 0 Å². The van der Waals surface area contributed by atoms with Gasteiger partial charge in [0.1, 0.15) is 0 Å². The molecule has 0 bridgehead atoms. The van der Waals surface area contributed by atoms with Gasteiger partial charge in [0, 0.05) is 0 Å². The Morgan fingerprint density at radius 1 is 1.67 bits per heavy atom. The molecule has 0 aromatic rings. The van der Waals surface area contributed by atoms with Crippen LogP contribution in [0.2, 0.25) is 0 Å². The standard InChI is InChI=1S/C4H9N.C4H6/c1-2-3-4-5;1-3-4-2/h3-4H,2,5H2,1H3;4H,1H2,2H3. The zero-order valence-electron chi connectivity index (χ0n) is 6.22. The number of allylic oxidation sites excluding steroid dienone is 2. The molecule has 0 unspecified atom stereocenters. The molecule has 0 saturated heterocycles. The number of nitrogens with two attached hydrogens (primary N) is 1. The molecule has 0 fully saturated rings. The van der Waals surface area contributed by atoms with Gasteiger partial charge in [0.15, 0.2) is 0 Å². The summed E-state index contributed by atoms with van der Waals surface area (Å²) in [6.45, 7) is 7.23. The van der Waals surface area contributed by atoms with Crippen molar-refractivity contribution < 1.29 is 0 Å². The van der Waals surface area contributed by atoms with Crippen molar-refractivity contribution in [3.05, 3.63) is 30.7 Å². The van der Waals surface area contributed by atoms with Crippen LogP contribution in [-0.2, 0) is 0 Å². The summed E-state index contributed by atoms with van der Waals surface area (Å²) < 4.78 is 0. The molecule has 1 heteroatoms. The fraction of sp³-hybridized carbons (Fsp3) is 0.375. The van der Waals surface area contributed by atoms with E-state index in [-0.39, 0.29) is 0 Å². The zero-order chi connectivity index (χ0) is 7.54. The molecule has 0 spiro atoms. The molecular weight excluding hydrogens is 110 g/mol. The molecule has 0 aliphatic carbocycles. The quantitative estimate of drug-likeness (QED) is 0.534. The molecule has 2 N–H and O–H groups in total. The van der Waals surface area contributed by atoms with Gasteiger partial charge in [-0.2, -0.15) is 0 Å². The molecule has 0 aromatic carbocycles. The third-order valence-electron chi connectivity index (χ3n) is 0.576. The van der Waals surface area contributed by atoms with Gasteiger partial charge < -0.3 is 5.73 Å². The average Bonchev–Trinajstić information content (AvgIpc) is 1.91. The van der Waals surface area contributed by atoms with E-state index >= 15 is 0 Å². The fourth-order valence-electron chi connectivity index (χ4n) is 0.136. The zero-order valence-corrected chi connectivity index (χ0v) is 6.22. The van der Waals surface area contributed by atoms with Crippen molar-refractivity contribution in [1.29, 1.82) is 0 Å². The summed E-state index contributed by atoms with van der Waals surface area (Å²) in [4.78, 5) is 0. The van der Waals surface area contributed by atoms with Crippen LogP contribution in [0.25, 0.3) is 0 Å². The smallest absolute Gasteiger partial charge is 0.0103 e. The van der Waals surface area contributed by atoms with Crippen LogP contribution in [0, 0.1) is 0 Å². The van der Waals surface area contributed by atoms with E-state index in [2.05, 4.69) is 12.3 Å². The molecule has 0 rings (SSSR count). The Morgan fingerprint density at radius 3 is 2.11 bits per heavy atom. The Morgan fingerprint density at radius 2 is 2.11 bits per heavy atom. The van der Waals surface area contributed by atoms with Crippen LogP contribution in [0.4, 0.5) is 0 Å². The highest BCUT2D eigenvalue weighted by atomic mass is 14.5. The molecule has 0 aliphatic rings. The van der Waals surface area contributed by atoms with E-state index in [1.54, 1.807) is 12.3 Å². The summed E-state index contributed by atoms with van der Waals surface area (Å²) in [5, 5.41) is 0. The maximum Gasteiger partial charge on any atom is -0.0103 e. The summed E-state index contributed by atoms with van der Waals surface area (Å²) in [5.74, 6) is 0. The van der Waals surface area contributed by atoms with Crippen molar-refractivity contribution >= 4 is 0 Å². The van der Waals surface area contributed by atoms with Crippen molar-refractivity contribution in [2.75, 3.05) is 0 Å². The minimum atomic E-state index is 1.04. The van der Waals surface area contributed by atoms with E-state index < -0.39 is 0 Å². The first-order valence-corrected chi connectivity index (χ1v) is 3.00. The lowest BCUT2D eigenvalue weighted by atomic mass is 10.5. The Kier molecular flexibility index (Phi) is 19.1. The van der Waals surface area contributed by atoms with E-state index in [1.807, 2.05) is 19.9 Å². The van der Waals surface area contributed by atoms with Gasteiger partial charge in [-0.25, -0.2) is 0 Å². The lowest BCUT2D eigenvalue weighted by molar-refractivity contribution is 1.21. The molecule has 9 heavy (non-hydrogen) atoms. The minimum absolute atomic E-state index is 1.04. The molecule has 0 aliphatic heterocycles. The van der Waals surface area contributed by atoms with Gasteiger partial charge in [0.05, 0.1) is 0 Å². The van der Waals surface area contributed by atoms with Crippen LogP contribution < -0.4 is 5.73 Å². The highest BCUT2D eigenvalue weighted by Gasteiger charge is 1.52. The van der Waals surface area contributed by atoms with Crippen LogP contribution in [0.1, 0.15) is 20.3 Å². The Bertz CT molecular complexity index is 97.1. The van der Waals surface area contributed by atoms with Gasteiger partial charge in [-0.15, -0.1) is 5.73 Å². The van der Waals surface area contributed by atoms with E-state index in [1.165, 1.54) is 0 Å². The normalized spacial score (nSPS) is 7.33. The fourth-order valence-corrected chi connectivity index (χ4v) is 0.136. The first-order chi connectivity index (χ1) is 4.33. The maximum absolute atomic E-state index is 4.96. The topological polar surface area (TPSA) is 26.0 Å². The van der Waals surface area contributed by atoms with Crippen LogP contribution >= 0.6 is 0 Å². The van der Waals surface area contributed by atoms with Gasteiger partial charge in [0.25, 0.3) is 0 Å². The molecule has 0 radical (unpaired) electrons. The van der Waals surface area contributed by atoms with E-state index in [0.717, 1.165) is 6.42 Å². The summed E-state index contributed by atoms with van der Waals surface area (Å²) in [7, 11) is 0. The highest BCUT2D eigenvalue weighted by molar-refractivity contribution is 4.71.